The maximum Gasteiger partial charge on any atom is 0.193 e. The van der Waals surface area contributed by atoms with Crippen LogP contribution in [0, 0.1) is 13.8 Å². The van der Waals surface area contributed by atoms with Crippen molar-refractivity contribution in [1.82, 2.24) is 24.3 Å². The number of rotatable bonds is 6. The third-order valence-electron chi connectivity index (χ3n) is 5.34. The van der Waals surface area contributed by atoms with E-state index in [2.05, 4.69) is 15.2 Å². The molecule has 1 aliphatic rings. The number of carbonyl (C=O) groups is 1. The summed E-state index contributed by atoms with van der Waals surface area (Å²) in [6, 6.07) is 9.48. The van der Waals surface area contributed by atoms with Gasteiger partial charge in [0.2, 0.25) is 0 Å². The van der Waals surface area contributed by atoms with Gasteiger partial charge in [0, 0.05) is 35.6 Å². The van der Waals surface area contributed by atoms with Crippen molar-refractivity contribution < 1.29 is 14.3 Å². The van der Waals surface area contributed by atoms with Crippen molar-refractivity contribution in [1.29, 1.82) is 0 Å². The van der Waals surface area contributed by atoms with Crippen LogP contribution in [0.25, 0.3) is 5.13 Å². The molecule has 1 atom stereocenters. The molecule has 0 bridgehead atoms. The zero-order chi connectivity index (χ0) is 22.2. The summed E-state index contributed by atoms with van der Waals surface area (Å²) in [5, 5.41) is 12.0. The van der Waals surface area contributed by atoms with Gasteiger partial charge in [-0.3, -0.25) is 9.36 Å². The molecule has 1 aromatic carbocycles. The quantitative estimate of drug-likeness (QED) is 0.311. The van der Waals surface area contributed by atoms with Crippen LogP contribution in [0.4, 0.5) is 0 Å². The van der Waals surface area contributed by atoms with Gasteiger partial charge in [-0.25, -0.2) is 4.98 Å². The minimum absolute atomic E-state index is 0.0432. The number of ketones is 1. The molecule has 4 aromatic rings. The van der Waals surface area contributed by atoms with Gasteiger partial charge in [0.05, 0.1) is 5.75 Å². The third kappa shape index (κ3) is 3.69. The van der Waals surface area contributed by atoms with E-state index in [4.69, 9.17) is 9.47 Å². The Hall–Kier alpha value is -3.11. The Balaban J connectivity index is 1.29. The Morgan fingerprint density at radius 2 is 2.06 bits per heavy atom. The molecule has 32 heavy (non-hydrogen) atoms. The molecule has 0 saturated heterocycles. The monoisotopic (exact) mass is 467 g/mol. The number of thioether (sulfide) groups is 1. The summed E-state index contributed by atoms with van der Waals surface area (Å²) in [5.41, 5.74) is 2.59. The fraction of sp³-hybridized carbons (Fsp3) is 0.273. The molecule has 0 aliphatic carbocycles. The van der Waals surface area contributed by atoms with Crippen LogP contribution in [-0.2, 0) is 7.05 Å². The van der Waals surface area contributed by atoms with Gasteiger partial charge < -0.3 is 14.0 Å². The Morgan fingerprint density at radius 3 is 2.84 bits per heavy atom. The molecule has 0 spiro atoms. The number of ether oxygens (including phenoxy) is 2. The Bertz CT molecular complexity index is 1280. The lowest BCUT2D eigenvalue weighted by Gasteiger charge is -2.25. The molecule has 0 unspecified atom stereocenters. The van der Waals surface area contributed by atoms with E-state index < -0.39 is 0 Å². The first kappa shape index (κ1) is 20.8. The number of Topliss-reactive ketones (excluding diaryl/α,β-unsaturated/α-hetero) is 1. The molecule has 8 nitrogen and oxygen atoms in total. The van der Waals surface area contributed by atoms with E-state index >= 15 is 0 Å². The second kappa shape index (κ2) is 8.44. The van der Waals surface area contributed by atoms with Crippen molar-refractivity contribution in [3.8, 4) is 16.6 Å². The number of hydrogen-bond acceptors (Lipinski definition) is 8. The van der Waals surface area contributed by atoms with E-state index in [-0.39, 0.29) is 17.6 Å². The number of benzene rings is 1. The third-order valence-corrected chi connectivity index (χ3v) is 7.12. The zero-order valence-corrected chi connectivity index (χ0v) is 19.4. The van der Waals surface area contributed by atoms with Crippen LogP contribution in [0.1, 0.15) is 33.7 Å². The zero-order valence-electron chi connectivity index (χ0n) is 17.8. The number of carbonyl (C=O) groups excluding carboxylic acids is 1. The van der Waals surface area contributed by atoms with Crippen molar-refractivity contribution >= 4 is 28.9 Å². The van der Waals surface area contributed by atoms with Crippen molar-refractivity contribution in [3.63, 3.8) is 0 Å². The predicted octanol–water partition coefficient (Wildman–Crippen LogP) is 4.17. The smallest absolute Gasteiger partial charge is 0.193 e. The number of nitrogens with zero attached hydrogens (tertiary/aromatic N) is 5. The number of aromatic nitrogens is 5. The van der Waals surface area contributed by atoms with Crippen molar-refractivity contribution in [2.45, 2.75) is 25.1 Å². The molecule has 10 heteroatoms. The van der Waals surface area contributed by atoms with Gasteiger partial charge in [-0.1, -0.05) is 23.9 Å². The number of aryl methyl sites for hydroxylation is 1. The first-order valence-corrected chi connectivity index (χ1v) is 11.9. The van der Waals surface area contributed by atoms with Crippen LogP contribution >= 0.6 is 23.1 Å². The molecule has 1 aliphatic heterocycles. The van der Waals surface area contributed by atoms with Crippen LogP contribution in [-0.4, -0.2) is 42.5 Å². The highest BCUT2D eigenvalue weighted by Gasteiger charge is 2.28. The Morgan fingerprint density at radius 1 is 1.25 bits per heavy atom. The largest absolute Gasteiger partial charge is 0.485 e. The molecule has 0 amide bonds. The van der Waals surface area contributed by atoms with Crippen molar-refractivity contribution in [2.75, 3.05) is 12.4 Å². The van der Waals surface area contributed by atoms with E-state index in [1.54, 1.807) is 17.5 Å². The fourth-order valence-electron chi connectivity index (χ4n) is 3.75. The summed E-state index contributed by atoms with van der Waals surface area (Å²) in [6.45, 7) is 4.29. The van der Waals surface area contributed by atoms with Crippen LogP contribution < -0.4 is 9.47 Å². The van der Waals surface area contributed by atoms with Gasteiger partial charge in [0.15, 0.2) is 39.5 Å². The van der Waals surface area contributed by atoms with Crippen LogP contribution in [0.3, 0.4) is 0 Å². The van der Waals surface area contributed by atoms with E-state index in [9.17, 15) is 4.79 Å². The standard InChI is InChI=1S/C22H21N5O3S2/c1-13-10-15(14(2)27(13)21-23-8-9-31-21)16(28)12-32-22-25-24-20(26(22)3)19-11-29-17-6-4-5-7-18(17)30-19/h4-10,19H,11-12H2,1-3H3/t19-/m0/s1. The average Bonchev–Trinajstić information content (AvgIpc) is 3.51. The highest BCUT2D eigenvalue weighted by molar-refractivity contribution is 7.99. The SMILES string of the molecule is Cc1cc(C(=O)CSc2nnc([C@@H]3COc4ccccc4O3)n2C)c(C)n1-c1nccs1. The van der Waals surface area contributed by atoms with E-state index in [0.717, 1.165) is 22.3 Å². The summed E-state index contributed by atoms with van der Waals surface area (Å²) < 4.78 is 15.7. The molecular weight excluding hydrogens is 446 g/mol. The normalized spacial score (nSPS) is 15.2. The minimum atomic E-state index is -0.357. The van der Waals surface area contributed by atoms with E-state index in [0.29, 0.717) is 28.9 Å². The lowest BCUT2D eigenvalue weighted by atomic mass is 10.2. The van der Waals surface area contributed by atoms with Crippen LogP contribution in [0.2, 0.25) is 0 Å². The average molecular weight is 468 g/mol. The highest BCUT2D eigenvalue weighted by Crippen LogP contribution is 2.36. The molecule has 0 radical (unpaired) electrons. The highest BCUT2D eigenvalue weighted by atomic mass is 32.2. The lowest BCUT2D eigenvalue weighted by molar-refractivity contribution is 0.0825. The number of hydrogen-bond donors (Lipinski definition) is 0. The lowest BCUT2D eigenvalue weighted by Crippen LogP contribution is -2.24. The van der Waals surface area contributed by atoms with Gasteiger partial charge in [0.25, 0.3) is 0 Å². The summed E-state index contributed by atoms with van der Waals surface area (Å²) in [4.78, 5) is 17.3. The molecule has 0 saturated carbocycles. The van der Waals surface area contributed by atoms with E-state index in [1.165, 1.54) is 11.8 Å². The van der Waals surface area contributed by atoms with E-state index in [1.807, 2.05) is 65.7 Å². The summed E-state index contributed by atoms with van der Waals surface area (Å²) in [6.07, 6.45) is 1.41. The minimum Gasteiger partial charge on any atom is -0.485 e. The summed E-state index contributed by atoms with van der Waals surface area (Å²) >= 11 is 2.91. The molecule has 0 N–H and O–H groups in total. The summed E-state index contributed by atoms with van der Waals surface area (Å²) in [5.74, 6) is 2.38. The predicted molar refractivity (Wildman–Crippen MR) is 122 cm³/mol. The maximum atomic E-state index is 13.0. The second-order valence-electron chi connectivity index (χ2n) is 7.41. The molecule has 0 fully saturated rings. The topological polar surface area (TPSA) is 84.1 Å². The van der Waals surface area contributed by atoms with Crippen LogP contribution in [0.15, 0.2) is 47.1 Å². The Kier molecular flexibility index (Phi) is 5.48. The van der Waals surface area contributed by atoms with Gasteiger partial charge in [-0.2, -0.15) is 0 Å². The van der Waals surface area contributed by atoms with Crippen molar-refractivity contribution in [2.24, 2.45) is 7.05 Å². The molecule has 3 aromatic heterocycles. The molecule has 164 valence electrons. The fourth-order valence-corrected chi connectivity index (χ4v) is 5.31. The summed E-state index contributed by atoms with van der Waals surface area (Å²) in [7, 11) is 1.88. The molecule has 5 rings (SSSR count). The second-order valence-corrected chi connectivity index (χ2v) is 9.23. The van der Waals surface area contributed by atoms with Gasteiger partial charge >= 0.3 is 0 Å². The maximum absolute atomic E-state index is 13.0. The van der Waals surface area contributed by atoms with Gasteiger partial charge in [-0.15, -0.1) is 21.5 Å². The number of para-hydroxylation sites is 2. The van der Waals surface area contributed by atoms with Crippen molar-refractivity contribution in [3.05, 3.63) is 64.7 Å². The van der Waals surface area contributed by atoms with Gasteiger partial charge in [0.1, 0.15) is 6.61 Å². The first-order chi connectivity index (χ1) is 15.5. The Labute approximate surface area is 193 Å². The van der Waals surface area contributed by atoms with Gasteiger partial charge in [-0.05, 0) is 32.0 Å². The number of fused-ring (bicyclic) bond motifs is 1. The first-order valence-electron chi connectivity index (χ1n) is 10.1. The molecular formula is C22H21N5O3S2. The van der Waals surface area contributed by atoms with Crippen LogP contribution in [0.5, 0.6) is 11.5 Å². The molecule has 4 heterocycles. The number of thiazole rings is 1.